The summed E-state index contributed by atoms with van der Waals surface area (Å²) in [7, 11) is 1.97. The number of phenolic OH excluding ortho intramolecular Hbond substituents is 1. The van der Waals surface area contributed by atoms with Crippen molar-refractivity contribution >= 4 is 42.6 Å². The molecule has 0 saturated carbocycles. The van der Waals surface area contributed by atoms with Gasteiger partial charge in [-0.1, -0.05) is 56.1 Å². The molecule has 0 radical (unpaired) electrons. The average Bonchev–Trinajstić information content (AvgIpc) is 3.84. The predicted molar refractivity (Wildman–Crippen MR) is 232 cm³/mol. The number of carbonyl (C=O) groups excluding carboxylic acids is 2. The highest BCUT2D eigenvalue weighted by Crippen LogP contribution is 2.55. The molecule has 6 atom stereocenters. The first-order chi connectivity index (χ1) is 29.4. The van der Waals surface area contributed by atoms with Gasteiger partial charge in [0.05, 0.1) is 44.0 Å². The van der Waals surface area contributed by atoms with Crippen LogP contribution in [0.4, 0.5) is 0 Å². The van der Waals surface area contributed by atoms with Crippen LogP contribution in [0.25, 0.3) is 10.8 Å². The second-order valence-corrected chi connectivity index (χ2v) is 22.2. The minimum Gasteiger partial charge on any atom is -0.507 e. The number of rotatable bonds is 11. The number of nitrogens with zero attached hydrogens (tertiary/aromatic N) is 1. The number of amides is 1. The molecule has 2 aromatic carbocycles. The van der Waals surface area contributed by atoms with Crippen LogP contribution in [0, 0.1) is 23.7 Å². The molecule has 0 unspecified atom stereocenters. The highest BCUT2D eigenvalue weighted by molar-refractivity contribution is 6.74. The number of pyridine rings is 1. The van der Waals surface area contributed by atoms with Crippen molar-refractivity contribution in [3.63, 3.8) is 0 Å². The maximum absolute atomic E-state index is 14.2. The number of halogens is 1. The highest BCUT2D eigenvalue weighted by Gasteiger charge is 2.70. The zero-order valence-electron chi connectivity index (χ0n) is 36.4. The topological polar surface area (TPSA) is 166 Å². The van der Waals surface area contributed by atoms with Gasteiger partial charge in [0.15, 0.2) is 42.4 Å². The first-order valence-corrected chi connectivity index (χ1v) is 23.5. The number of carbonyl (C=O) groups is 2. The van der Waals surface area contributed by atoms with E-state index in [1.54, 1.807) is 24.3 Å². The molecule has 3 aliphatic heterocycles. The summed E-state index contributed by atoms with van der Waals surface area (Å²) >= 11 is 6.89. The number of aromatic nitrogens is 1. The normalized spacial score (nSPS) is 25.0. The Kier molecular flexibility index (Phi) is 12.6. The lowest BCUT2D eigenvalue weighted by molar-refractivity contribution is -0.150. The lowest BCUT2D eigenvalue weighted by Crippen LogP contribution is -2.52. The van der Waals surface area contributed by atoms with Gasteiger partial charge in [-0.15, -0.1) is 0 Å². The summed E-state index contributed by atoms with van der Waals surface area (Å²) in [5.74, 6) is 12.2. The number of fused-ring (bicyclic) bond motifs is 8. The number of allylic oxidation sites excluding steroid dienone is 1. The fraction of sp³-hybridized carbons (Fsp3) is 0.457. The summed E-state index contributed by atoms with van der Waals surface area (Å²) in [6.45, 7) is 14.1. The van der Waals surface area contributed by atoms with Crippen molar-refractivity contribution in [3.05, 3.63) is 70.0 Å². The van der Waals surface area contributed by atoms with Crippen molar-refractivity contribution in [2.75, 3.05) is 34.7 Å². The van der Waals surface area contributed by atoms with E-state index in [1.165, 1.54) is 33.5 Å². The van der Waals surface area contributed by atoms with Crippen LogP contribution in [0.1, 0.15) is 63.1 Å². The zero-order valence-corrected chi connectivity index (χ0v) is 38.1. The molecule has 2 N–H and O–H groups in total. The van der Waals surface area contributed by atoms with Crippen LogP contribution in [-0.2, 0) is 28.2 Å². The summed E-state index contributed by atoms with van der Waals surface area (Å²) in [6.07, 6.45) is 0.158. The Balaban J connectivity index is 1.28. The molecule has 8 rings (SSSR count). The van der Waals surface area contributed by atoms with Gasteiger partial charge in [-0.25, -0.2) is 4.98 Å². The third-order valence-corrected chi connectivity index (χ3v) is 16.3. The number of nitrogens with one attached hydrogen (secondary N) is 1. The molecule has 1 spiro atoms. The second kappa shape index (κ2) is 17.5. The van der Waals surface area contributed by atoms with Gasteiger partial charge < -0.3 is 52.7 Å². The van der Waals surface area contributed by atoms with Crippen LogP contribution in [0.5, 0.6) is 28.7 Å². The van der Waals surface area contributed by atoms with Crippen LogP contribution in [-0.4, -0.2) is 101 Å². The Hall–Kier alpha value is -5.26. The molecule has 3 aromatic rings. The molecule has 14 nitrogen and oxygen atoms in total. The van der Waals surface area contributed by atoms with Crippen LogP contribution < -0.4 is 24.3 Å². The van der Waals surface area contributed by atoms with Crippen LogP contribution in [0.15, 0.2) is 53.6 Å². The number of epoxide rings is 1. The Labute approximate surface area is 367 Å². The first-order valence-electron chi connectivity index (χ1n) is 20.2. The van der Waals surface area contributed by atoms with Crippen LogP contribution in [0.3, 0.4) is 0 Å². The number of hydrogen-bond acceptors (Lipinski definition) is 13. The molecule has 1 aromatic heterocycles. The molecule has 1 fully saturated rings. The Morgan fingerprint density at radius 1 is 1.11 bits per heavy atom. The molecule has 62 heavy (non-hydrogen) atoms. The molecule has 2 aliphatic carbocycles. The Bertz CT molecular complexity index is 2470. The smallest absolute Gasteiger partial charge is 0.308 e. The Morgan fingerprint density at radius 2 is 1.87 bits per heavy atom. The molecule has 328 valence electrons. The summed E-state index contributed by atoms with van der Waals surface area (Å²) < 4.78 is 54.4. The van der Waals surface area contributed by atoms with Crippen molar-refractivity contribution in [3.8, 4) is 52.4 Å². The van der Waals surface area contributed by atoms with Crippen LogP contribution >= 0.6 is 11.6 Å². The minimum absolute atomic E-state index is 0.0373. The van der Waals surface area contributed by atoms with E-state index in [1.807, 2.05) is 19.9 Å². The van der Waals surface area contributed by atoms with E-state index in [2.05, 4.69) is 67.8 Å². The fourth-order valence-corrected chi connectivity index (χ4v) is 8.81. The number of ether oxygens (including phenoxy) is 8. The van der Waals surface area contributed by atoms with Crippen molar-refractivity contribution in [1.82, 2.24) is 10.3 Å². The van der Waals surface area contributed by atoms with Gasteiger partial charge in [-0.3, -0.25) is 9.59 Å². The van der Waals surface area contributed by atoms with Gasteiger partial charge in [0.1, 0.15) is 37.5 Å². The van der Waals surface area contributed by atoms with Crippen LogP contribution in [0.2, 0.25) is 23.3 Å². The highest BCUT2D eigenvalue weighted by atomic mass is 35.5. The van der Waals surface area contributed by atoms with Gasteiger partial charge in [0.2, 0.25) is 5.75 Å². The van der Waals surface area contributed by atoms with Gasteiger partial charge in [-0.2, -0.15) is 0 Å². The monoisotopic (exact) mass is 886 g/mol. The molecule has 5 bridgehead atoms. The number of hydrogen-bond donors (Lipinski definition) is 2. The minimum atomic E-state index is -2.45. The summed E-state index contributed by atoms with van der Waals surface area (Å²) in [6, 6.07) is 6.71. The molecular weight excluding hydrogens is 836 g/mol. The van der Waals surface area contributed by atoms with E-state index in [0.29, 0.717) is 39.2 Å². The lowest BCUT2D eigenvalue weighted by Gasteiger charge is -2.40. The van der Waals surface area contributed by atoms with E-state index < -0.39 is 62.7 Å². The molecule has 16 heteroatoms. The second-order valence-electron chi connectivity index (χ2n) is 17.1. The SMILES string of the molecule is COCO[C@@H]1COC(=O)C[C@@H](NC(=O)c2cc3c(OC)c(OC)c(OC(C)C)cc3cc2O)c2ccc(c(Cl)n2)O[C@H]2C=C3C#C/C1=C\C#C[C@@H]1O[C@]31[C@@H]2O[Si](C)(C)C(C)(C)C. The third-order valence-electron chi connectivity index (χ3n) is 11.5. The quantitative estimate of drug-likeness (QED) is 0.0507. The number of aromatic hydroxyl groups is 1. The maximum atomic E-state index is 14.2. The van der Waals surface area contributed by atoms with Crippen molar-refractivity contribution in [2.45, 2.75) is 101 Å². The average molecular weight is 887 g/mol. The van der Waals surface area contributed by atoms with Gasteiger partial charge in [-0.05, 0) is 73.8 Å². The van der Waals surface area contributed by atoms with Crippen molar-refractivity contribution < 1.29 is 57.0 Å². The molecule has 1 saturated heterocycles. The lowest BCUT2D eigenvalue weighted by atomic mass is 9.94. The number of phenols is 1. The Morgan fingerprint density at radius 3 is 2.55 bits per heavy atom. The van der Waals surface area contributed by atoms with E-state index in [4.69, 9.17) is 53.9 Å². The molecule has 1 amide bonds. The van der Waals surface area contributed by atoms with E-state index in [0.717, 1.165) is 0 Å². The number of methoxy groups -OCH3 is 3. The van der Waals surface area contributed by atoms with Gasteiger partial charge in [0, 0.05) is 29.7 Å². The fourth-order valence-electron chi connectivity index (χ4n) is 7.31. The zero-order chi connectivity index (χ0) is 44.7. The van der Waals surface area contributed by atoms with E-state index in [9.17, 15) is 14.7 Å². The number of esters is 1. The summed E-state index contributed by atoms with van der Waals surface area (Å²) in [5, 5.41) is 14.9. The largest absolute Gasteiger partial charge is 0.507 e. The maximum Gasteiger partial charge on any atom is 0.308 e. The molecule has 5 aliphatic rings. The van der Waals surface area contributed by atoms with Crippen molar-refractivity contribution in [2.24, 2.45) is 0 Å². The summed E-state index contributed by atoms with van der Waals surface area (Å²) in [4.78, 5) is 32.5. The molecular formula is C46H51ClN2O12Si. The third kappa shape index (κ3) is 8.71. The van der Waals surface area contributed by atoms with E-state index in [-0.39, 0.29) is 52.5 Å². The van der Waals surface area contributed by atoms with E-state index >= 15 is 0 Å². The predicted octanol–water partition coefficient (Wildman–Crippen LogP) is 6.97. The number of benzene rings is 2. The first kappa shape index (κ1) is 44.8. The molecule has 4 heterocycles. The summed E-state index contributed by atoms with van der Waals surface area (Å²) in [5.41, 5.74) is 0.169. The van der Waals surface area contributed by atoms with Gasteiger partial charge >= 0.3 is 5.97 Å². The van der Waals surface area contributed by atoms with Crippen molar-refractivity contribution in [1.29, 1.82) is 0 Å². The standard InChI is InChI=1S/C46H51ClN2O12Si/c1-25(2)58-35-19-27-18-33(50)30(21-29(27)40(54-7)41(35)55-8)44(52)49-32-22-39(51)56-23-37(57-24-53-6)26-12-11-13-38-46(60-38)28(15-14-26)20-36(42(46)61-62(9,10)45(3,4)5)59-34-17-16-31(32)48-43(34)47/h12,16-21,25,32,36-38,42,50H,22-24H2,1-10H3,(H,49,52)/b26-12+/t32-,36+,37-,38+,42-,46-/m1/s1. The van der Waals surface area contributed by atoms with Gasteiger partial charge in [0.25, 0.3) is 5.91 Å².